The minimum atomic E-state index is -0.976. The van der Waals surface area contributed by atoms with Gasteiger partial charge in [-0.05, 0) is 37.6 Å². The van der Waals surface area contributed by atoms with Crippen molar-refractivity contribution >= 4 is 16.9 Å². The van der Waals surface area contributed by atoms with Gasteiger partial charge in [-0.2, -0.15) is 0 Å². The van der Waals surface area contributed by atoms with E-state index in [-0.39, 0.29) is 11.5 Å². The van der Waals surface area contributed by atoms with Crippen molar-refractivity contribution in [3.63, 3.8) is 0 Å². The molecule has 0 aliphatic rings. The van der Waals surface area contributed by atoms with E-state index in [0.29, 0.717) is 17.5 Å². The molecule has 1 heterocycles. The number of benzene rings is 1. The molecule has 0 aliphatic carbocycles. The summed E-state index contributed by atoms with van der Waals surface area (Å²) in [6, 6.07) is 4.34. The fraction of sp³-hybridized carbons (Fsp3) is 0.250. The Hall–Kier alpha value is -1.84. The van der Waals surface area contributed by atoms with Crippen molar-refractivity contribution in [3.8, 4) is 0 Å². The molecule has 0 bridgehead atoms. The zero-order valence-electron chi connectivity index (χ0n) is 9.12. The topological polar surface area (TPSA) is 42.2 Å². The lowest BCUT2D eigenvalue weighted by atomic mass is 10.1. The molecule has 2 rings (SSSR count). The van der Waals surface area contributed by atoms with E-state index >= 15 is 0 Å². The predicted molar refractivity (Wildman–Crippen MR) is 59.3 cm³/mol. The van der Waals surface area contributed by atoms with Crippen molar-refractivity contribution in [2.45, 2.75) is 20.4 Å². The number of aryl methyl sites for hydroxylation is 2. The van der Waals surface area contributed by atoms with Gasteiger partial charge in [0, 0.05) is 17.4 Å². The van der Waals surface area contributed by atoms with Gasteiger partial charge in [-0.15, -0.1) is 0 Å². The summed E-state index contributed by atoms with van der Waals surface area (Å²) in [7, 11) is 0. The maximum atomic E-state index is 13.1. The number of carboxylic acid groups (broad SMARTS) is 1. The Kier molecular flexibility index (Phi) is 2.42. The van der Waals surface area contributed by atoms with Crippen LogP contribution in [-0.4, -0.2) is 15.6 Å². The van der Waals surface area contributed by atoms with Crippen molar-refractivity contribution in [3.05, 3.63) is 35.3 Å². The van der Waals surface area contributed by atoms with Gasteiger partial charge in [-0.25, -0.2) is 9.18 Å². The molecule has 1 aromatic heterocycles. The Morgan fingerprint density at radius 1 is 1.50 bits per heavy atom. The summed E-state index contributed by atoms with van der Waals surface area (Å²) in [6.07, 6.45) is 0. The van der Waals surface area contributed by atoms with Crippen molar-refractivity contribution in [1.29, 1.82) is 0 Å². The molecule has 0 atom stereocenters. The second kappa shape index (κ2) is 3.63. The third-order valence-electron chi connectivity index (χ3n) is 2.80. The minimum Gasteiger partial charge on any atom is -0.477 e. The summed E-state index contributed by atoms with van der Waals surface area (Å²) in [5.74, 6) is -1.32. The van der Waals surface area contributed by atoms with Crippen LogP contribution in [-0.2, 0) is 6.54 Å². The van der Waals surface area contributed by atoms with Crippen LogP contribution in [0.25, 0.3) is 10.9 Å². The van der Waals surface area contributed by atoms with E-state index in [2.05, 4.69) is 0 Å². The molecular formula is C12H12FNO2. The second-order valence-electron chi connectivity index (χ2n) is 3.68. The number of nitrogens with zero attached hydrogens (tertiary/aromatic N) is 1. The van der Waals surface area contributed by atoms with Gasteiger partial charge in [0.1, 0.15) is 11.5 Å². The predicted octanol–water partition coefficient (Wildman–Crippen LogP) is 2.81. The van der Waals surface area contributed by atoms with Gasteiger partial charge in [0.2, 0.25) is 0 Å². The second-order valence-corrected chi connectivity index (χ2v) is 3.68. The Labute approximate surface area is 92.1 Å². The summed E-state index contributed by atoms with van der Waals surface area (Å²) in [5.41, 5.74) is 1.62. The zero-order chi connectivity index (χ0) is 11.9. The van der Waals surface area contributed by atoms with Gasteiger partial charge < -0.3 is 9.67 Å². The highest BCUT2D eigenvalue weighted by atomic mass is 19.1. The van der Waals surface area contributed by atoms with Crippen LogP contribution >= 0.6 is 0 Å². The number of fused-ring (bicyclic) bond motifs is 1. The fourth-order valence-electron chi connectivity index (χ4n) is 2.10. The van der Waals surface area contributed by atoms with Gasteiger partial charge in [-0.1, -0.05) is 0 Å². The Morgan fingerprint density at radius 3 is 2.75 bits per heavy atom. The first kappa shape index (κ1) is 10.7. The van der Waals surface area contributed by atoms with E-state index in [1.54, 1.807) is 17.6 Å². The van der Waals surface area contributed by atoms with Crippen LogP contribution in [0.4, 0.5) is 4.39 Å². The van der Waals surface area contributed by atoms with Gasteiger partial charge in [0.05, 0.1) is 0 Å². The number of rotatable bonds is 2. The molecule has 1 N–H and O–H groups in total. The smallest absolute Gasteiger partial charge is 0.352 e. The maximum absolute atomic E-state index is 13.1. The molecule has 0 unspecified atom stereocenters. The number of hydrogen-bond acceptors (Lipinski definition) is 1. The van der Waals surface area contributed by atoms with Crippen LogP contribution < -0.4 is 0 Å². The number of aromatic nitrogens is 1. The third kappa shape index (κ3) is 1.38. The van der Waals surface area contributed by atoms with E-state index in [1.807, 2.05) is 6.92 Å². The average Bonchev–Trinajstić information content (AvgIpc) is 2.51. The summed E-state index contributed by atoms with van der Waals surface area (Å²) in [6.45, 7) is 4.13. The molecule has 84 valence electrons. The first-order valence-corrected chi connectivity index (χ1v) is 5.08. The molecule has 0 radical (unpaired) electrons. The number of aromatic carboxylic acids is 1. The summed E-state index contributed by atoms with van der Waals surface area (Å²) in [4.78, 5) is 11.1. The standard InChI is InChI=1S/C12H12FNO2/c1-3-14-10-5-4-8(13)6-9(10)7(2)11(14)12(15)16/h4-6H,3H2,1-2H3,(H,15,16). The van der Waals surface area contributed by atoms with Gasteiger partial charge >= 0.3 is 5.97 Å². The lowest BCUT2D eigenvalue weighted by Crippen LogP contribution is -2.08. The van der Waals surface area contributed by atoms with Crippen LogP contribution in [0.2, 0.25) is 0 Å². The lowest BCUT2D eigenvalue weighted by molar-refractivity contribution is 0.0685. The largest absolute Gasteiger partial charge is 0.477 e. The number of carboxylic acids is 1. The first-order chi connectivity index (χ1) is 7.56. The maximum Gasteiger partial charge on any atom is 0.352 e. The van der Waals surface area contributed by atoms with Gasteiger partial charge in [0.15, 0.2) is 0 Å². The minimum absolute atomic E-state index is 0.239. The summed E-state index contributed by atoms with van der Waals surface area (Å²) < 4.78 is 14.8. The van der Waals surface area contributed by atoms with Crippen LogP contribution in [0, 0.1) is 12.7 Å². The lowest BCUT2D eigenvalue weighted by Gasteiger charge is -2.03. The molecular weight excluding hydrogens is 209 g/mol. The van der Waals surface area contributed by atoms with Crippen LogP contribution in [0.3, 0.4) is 0 Å². The molecule has 4 heteroatoms. The normalized spacial score (nSPS) is 10.9. The fourth-order valence-corrected chi connectivity index (χ4v) is 2.10. The highest BCUT2D eigenvalue weighted by Gasteiger charge is 2.18. The van der Waals surface area contributed by atoms with Crippen LogP contribution in [0.5, 0.6) is 0 Å². The molecule has 0 aliphatic heterocycles. The van der Waals surface area contributed by atoms with E-state index in [0.717, 1.165) is 5.52 Å². The SMILES string of the molecule is CCn1c(C(=O)O)c(C)c2cc(F)ccc21. The number of hydrogen-bond donors (Lipinski definition) is 1. The molecule has 3 nitrogen and oxygen atoms in total. The number of carbonyl (C=O) groups is 1. The van der Waals surface area contributed by atoms with E-state index < -0.39 is 5.97 Å². The summed E-state index contributed by atoms with van der Waals surface area (Å²) >= 11 is 0. The summed E-state index contributed by atoms with van der Waals surface area (Å²) in [5, 5.41) is 9.80. The van der Waals surface area contributed by atoms with Crippen LogP contribution in [0.1, 0.15) is 23.0 Å². The van der Waals surface area contributed by atoms with Gasteiger partial charge in [-0.3, -0.25) is 0 Å². The Balaban J connectivity index is 2.90. The highest BCUT2D eigenvalue weighted by Crippen LogP contribution is 2.26. The van der Waals surface area contributed by atoms with E-state index in [9.17, 15) is 9.18 Å². The Morgan fingerprint density at radius 2 is 2.19 bits per heavy atom. The monoisotopic (exact) mass is 221 g/mol. The Bertz CT molecular complexity index is 572. The van der Waals surface area contributed by atoms with E-state index in [1.165, 1.54) is 12.1 Å². The molecule has 0 amide bonds. The van der Waals surface area contributed by atoms with Crippen LogP contribution in [0.15, 0.2) is 18.2 Å². The van der Waals surface area contributed by atoms with Crippen molar-refractivity contribution in [2.24, 2.45) is 0 Å². The van der Waals surface area contributed by atoms with E-state index in [4.69, 9.17) is 5.11 Å². The quantitative estimate of drug-likeness (QED) is 0.847. The third-order valence-corrected chi connectivity index (χ3v) is 2.80. The molecule has 0 saturated heterocycles. The zero-order valence-corrected chi connectivity index (χ0v) is 9.12. The average molecular weight is 221 g/mol. The highest BCUT2D eigenvalue weighted by molar-refractivity contribution is 5.98. The molecule has 1 aromatic carbocycles. The molecule has 2 aromatic rings. The first-order valence-electron chi connectivity index (χ1n) is 5.08. The van der Waals surface area contributed by atoms with Crippen molar-refractivity contribution in [2.75, 3.05) is 0 Å². The molecule has 0 fully saturated rings. The van der Waals surface area contributed by atoms with Crippen molar-refractivity contribution < 1.29 is 14.3 Å². The molecule has 0 spiro atoms. The molecule has 16 heavy (non-hydrogen) atoms. The van der Waals surface area contributed by atoms with Gasteiger partial charge in [0.25, 0.3) is 0 Å². The molecule has 0 saturated carbocycles. The number of halogens is 1. The van der Waals surface area contributed by atoms with Crippen molar-refractivity contribution in [1.82, 2.24) is 4.57 Å².